The van der Waals surface area contributed by atoms with E-state index in [1.165, 1.54) is 0 Å². The van der Waals surface area contributed by atoms with Gasteiger partial charge in [-0.15, -0.1) is 0 Å². The first-order valence-electron chi connectivity index (χ1n) is 7.67. The molecule has 0 aromatic carbocycles. The summed E-state index contributed by atoms with van der Waals surface area (Å²) in [5.41, 5.74) is 5.20. The second-order valence-corrected chi connectivity index (χ2v) is 5.83. The van der Waals surface area contributed by atoms with Gasteiger partial charge in [-0.3, -0.25) is 9.59 Å². The lowest BCUT2D eigenvalue weighted by Gasteiger charge is -2.20. The van der Waals surface area contributed by atoms with Crippen molar-refractivity contribution < 1.29 is 23.8 Å². The molecule has 0 unspecified atom stereocenters. The summed E-state index contributed by atoms with van der Waals surface area (Å²) in [5.74, 6) is -0.646. The highest BCUT2D eigenvalue weighted by atomic mass is 16.6. The van der Waals surface area contributed by atoms with E-state index < -0.39 is 11.6 Å². The molecule has 7 heteroatoms. The molecule has 0 spiro atoms. The van der Waals surface area contributed by atoms with E-state index in [-0.39, 0.29) is 24.7 Å². The van der Waals surface area contributed by atoms with Gasteiger partial charge < -0.3 is 25.3 Å². The highest BCUT2D eigenvalue weighted by Crippen LogP contribution is 2.09. The van der Waals surface area contributed by atoms with Crippen molar-refractivity contribution in [2.45, 2.75) is 52.2 Å². The predicted molar refractivity (Wildman–Crippen MR) is 83.4 cm³/mol. The number of esters is 1. The Morgan fingerprint density at radius 1 is 1.14 bits per heavy atom. The Hall–Kier alpha value is -1.18. The number of hydrogen-bond acceptors (Lipinski definition) is 6. The number of ether oxygens (including phenoxy) is 3. The summed E-state index contributed by atoms with van der Waals surface area (Å²) in [6, 6.07) is -0.726. The van der Waals surface area contributed by atoms with Crippen LogP contribution in [0.15, 0.2) is 0 Å². The van der Waals surface area contributed by atoms with Crippen LogP contribution in [0.5, 0.6) is 0 Å². The zero-order valence-corrected chi connectivity index (χ0v) is 14.1. The van der Waals surface area contributed by atoms with Gasteiger partial charge >= 0.3 is 5.97 Å². The first-order chi connectivity index (χ1) is 10.3. The van der Waals surface area contributed by atoms with Crippen molar-refractivity contribution in [1.82, 2.24) is 5.32 Å². The zero-order chi connectivity index (χ0) is 17.0. The van der Waals surface area contributed by atoms with Crippen LogP contribution in [0.1, 0.15) is 40.5 Å². The summed E-state index contributed by atoms with van der Waals surface area (Å²) in [4.78, 5) is 23.2. The van der Waals surface area contributed by atoms with Crippen molar-refractivity contribution in [3.8, 4) is 0 Å². The van der Waals surface area contributed by atoms with Crippen molar-refractivity contribution in [2.24, 2.45) is 5.73 Å². The van der Waals surface area contributed by atoms with Gasteiger partial charge in [0.05, 0.1) is 25.9 Å². The summed E-state index contributed by atoms with van der Waals surface area (Å²) >= 11 is 0. The molecule has 1 atom stereocenters. The summed E-state index contributed by atoms with van der Waals surface area (Å²) in [5, 5.41) is 2.66. The molecular weight excluding hydrogens is 288 g/mol. The van der Waals surface area contributed by atoms with Gasteiger partial charge in [-0.2, -0.15) is 0 Å². The lowest BCUT2D eigenvalue weighted by Crippen LogP contribution is -2.42. The van der Waals surface area contributed by atoms with Crippen LogP contribution in [-0.4, -0.2) is 56.5 Å². The molecule has 0 bridgehead atoms. The maximum absolute atomic E-state index is 11.7. The fourth-order valence-corrected chi connectivity index (χ4v) is 1.54. The molecular formula is C15H30N2O5. The van der Waals surface area contributed by atoms with E-state index in [1.807, 2.05) is 6.92 Å². The second kappa shape index (κ2) is 11.4. The summed E-state index contributed by atoms with van der Waals surface area (Å²) in [6.45, 7) is 9.78. The van der Waals surface area contributed by atoms with Crippen LogP contribution in [-0.2, 0) is 23.8 Å². The number of nitrogens with one attached hydrogen (secondary N) is 1. The Labute approximate surface area is 132 Å². The van der Waals surface area contributed by atoms with Crippen molar-refractivity contribution in [1.29, 1.82) is 0 Å². The number of carbonyl (C=O) groups is 2. The molecule has 0 saturated heterocycles. The topological polar surface area (TPSA) is 99.9 Å². The molecule has 22 heavy (non-hydrogen) atoms. The fraction of sp³-hybridized carbons (Fsp3) is 0.867. The molecule has 1 amide bonds. The third-order valence-electron chi connectivity index (χ3n) is 2.54. The van der Waals surface area contributed by atoms with E-state index in [0.29, 0.717) is 33.0 Å². The first-order valence-corrected chi connectivity index (χ1v) is 7.67. The highest BCUT2D eigenvalue weighted by Gasteiger charge is 2.19. The van der Waals surface area contributed by atoms with Crippen molar-refractivity contribution in [2.75, 3.05) is 33.0 Å². The lowest BCUT2D eigenvalue weighted by atomic mass is 10.1. The van der Waals surface area contributed by atoms with Gasteiger partial charge in [0.1, 0.15) is 5.60 Å². The quantitative estimate of drug-likeness (QED) is 0.427. The third kappa shape index (κ3) is 12.6. The number of carbonyl (C=O) groups excluding carboxylic acids is 2. The number of rotatable bonds is 11. The van der Waals surface area contributed by atoms with Gasteiger partial charge in [-0.1, -0.05) is 0 Å². The predicted octanol–water partition coefficient (Wildman–Crippen LogP) is 0.605. The first kappa shape index (κ1) is 20.8. The molecule has 0 aliphatic heterocycles. The molecule has 7 nitrogen and oxygen atoms in total. The maximum Gasteiger partial charge on any atom is 0.306 e. The molecule has 0 aromatic heterocycles. The summed E-state index contributed by atoms with van der Waals surface area (Å²) < 4.78 is 15.5. The Kier molecular flexibility index (Phi) is 10.8. The molecule has 0 aliphatic carbocycles. The van der Waals surface area contributed by atoms with Gasteiger partial charge in [-0.25, -0.2) is 0 Å². The van der Waals surface area contributed by atoms with E-state index in [1.54, 1.807) is 20.8 Å². The number of amides is 1. The van der Waals surface area contributed by atoms with Crippen molar-refractivity contribution >= 4 is 11.9 Å². The number of hydrogen-bond donors (Lipinski definition) is 2. The van der Waals surface area contributed by atoms with Crippen LogP contribution in [0.3, 0.4) is 0 Å². The Bertz CT molecular complexity index is 328. The minimum atomic E-state index is -0.726. The lowest BCUT2D eigenvalue weighted by molar-refractivity contribution is -0.155. The van der Waals surface area contributed by atoms with Gasteiger partial charge in [0.25, 0.3) is 0 Å². The van der Waals surface area contributed by atoms with E-state index in [2.05, 4.69) is 5.32 Å². The summed E-state index contributed by atoms with van der Waals surface area (Å²) in [6.07, 6.45) is 0.378. The van der Waals surface area contributed by atoms with Crippen LogP contribution < -0.4 is 11.1 Å². The number of nitrogens with two attached hydrogens (primary N) is 1. The normalized spacial score (nSPS) is 12.8. The van der Waals surface area contributed by atoms with Crippen molar-refractivity contribution in [3.05, 3.63) is 0 Å². The molecule has 0 radical (unpaired) electrons. The van der Waals surface area contributed by atoms with Crippen LogP contribution in [0, 0.1) is 0 Å². The monoisotopic (exact) mass is 318 g/mol. The molecule has 130 valence electrons. The van der Waals surface area contributed by atoms with Crippen LogP contribution in [0.2, 0.25) is 0 Å². The average Bonchev–Trinajstić information content (AvgIpc) is 2.41. The Balaban J connectivity index is 3.69. The SMILES string of the molecule is CCOCCOCCNC(=O)[C@@H](N)CCC(=O)OC(C)(C)C. The average molecular weight is 318 g/mol. The standard InChI is InChI=1S/C15H30N2O5/c1-5-20-10-11-21-9-8-17-14(19)12(16)6-7-13(18)22-15(2,3)4/h12H,5-11,16H2,1-4H3,(H,17,19)/t12-/m0/s1. The van der Waals surface area contributed by atoms with E-state index in [4.69, 9.17) is 19.9 Å². The molecule has 0 fully saturated rings. The van der Waals surface area contributed by atoms with Crippen LogP contribution in [0.25, 0.3) is 0 Å². The highest BCUT2D eigenvalue weighted by molar-refractivity contribution is 5.82. The molecule has 3 N–H and O–H groups in total. The van der Waals surface area contributed by atoms with E-state index in [9.17, 15) is 9.59 Å². The molecule has 0 rings (SSSR count). The fourth-order valence-electron chi connectivity index (χ4n) is 1.54. The largest absolute Gasteiger partial charge is 0.460 e. The summed E-state index contributed by atoms with van der Waals surface area (Å²) in [7, 11) is 0. The zero-order valence-electron chi connectivity index (χ0n) is 14.1. The van der Waals surface area contributed by atoms with E-state index in [0.717, 1.165) is 0 Å². The van der Waals surface area contributed by atoms with Gasteiger partial charge in [0, 0.05) is 19.6 Å². The van der Waals surface area contributed by atoms with Crippen LogP contribution in [0.4, 0.5) is 0 Å². The van der Waals surface area contributed by atoms with Gasteiger partial charge in [-0.05, 0) is 34.1 Å². The molecule has 0 saturated carbocycles. The second-order valence-electron chi connectivity index (χ2n) is 5.83. The molecule has 0 aliphatic rings. The van der Waals surface area contributed by atoms with Gasteiger partial charge in [0.15, 0.2) is 0 Å². The van der Waals surface area contributed by atoms with E-state index >= 15 is 0 Å². The Morgan fingerprint density at radius 2 is 1.77 bits per heavy atom. The smallest absolute Gasteiger partial charge is 0.306 e. The Morgan fingerprint density at radius 3 is 2.36 bits per heavy atom. The molecule has 0 aromatic rings. The minimum absolute atomic E-state index is 0.122. The maximum atomic E-state index is 11.7. The van der Waals surface area contributed by atoms with Gasteiger partial charge in [0.2, 0.25) is 5.91 Å². The van der Waals surface area contributed by atoms with Crippen LogP contribution >= 0.6 is 0 Å². The third-order valence-corrected chi connectivity index (χ3v) is 2.54. The molecule has 0 heterocycles. The minimum Gasteiger partial charge on any atom is -0.460 e. The van der Waals surface area contributed by atoms with Crippen molar-refractivity contribution in [3.63, 3.8) is 0 Å².